The van der Waals surface area contributed by atoms with Gasteiger partial charge in [-0.05, 0) is 48.7 Å². The summed E-state index contributed by atoms with van der Waals surface area (Å²) < 4.78 is 11.5. The molecule has 0 fully saturated rings. The molecular weight excluding hydrogens is 346 g/mol. The van der Waals surface area contributed by atoms with Crippen LogP contribution in [0.2, 0.25) is 0 Å². The lowest BCUT2D eigenvalue weighted by atomic mass is 10.1. The van der Waals surface area contributed by atoms with Crippen molar-refractivity contribution in [1.29, 1.82) is 0 Å². The molecule has 22 heavy (non-hydrogen) atoms. The first-order valence-electron chi connectivity index (χ1n) is 7.15. The number of hydrogen-bond acceptors (Lipinski definition) is 3. The summed E-state index contributed by atoms with van der Waals surface area (Å²) >= 11 is 3.37. The molecule has 1 N–H and O–H groups in total. The number of fused-ring (bicyclic) bond motifs is 1. The van der Waals surface area contributed by atoms with Crippen molar-refractivity contribution < 1.29 is 14.3 Å². The molecule has 5 heteroatoms. The summed E-state index contributed by atoms with van der Waals surface area (Å²) in [7, 11) is 0. The number of ether oxygens (including phenoxy) is 2. The number of aryl methyl sites for hydroxylation is 1. The largest absolute Gasteiger partial charge is 0.454 e. The molecule has 0 saturated heterocycles. The van der Waals surface area contributed by atoms with Crippen LogP contribution in [0.5, 0.6) is 11.5 Å². The van der Waals surface area contributed by atoms with Crippen molar-refractivity contribution in [3.05, 3.63) is 58.1 Å². The van der Waals surface area contributed by atoms with E-state index in [1.807, 2.05) is 36.4 Å². The molecule has 0 atom stereocenters. The Bertz CT molecular complexity index is 687. The minimum Gasteiger partial charge on any atom is -0.454 e. The van der Waals surface area contributed by atoms with Crippen LogP contribution in [0.15, 0.2) is 46.9 Å². The molecule has 1 heterocycles. The molecule has 1 amide bonds. The molecule has 0 aromatic heterocycles. The Morgan fingerprint density at radius 2 is 2.00 bits per heavy atom. The van der Waals surface area contributed by atoms with Gasteiger partial charge >= 0.3 is 0 Å². The van der Waals surface area contributed by atoms with E-state index in [0.717, 1.165) is 28.8 Å². The van der Waals surface area contributed by atoms with Gasteiger partial charge in [-0.25, -0.2) is 0 Å². The SMILES string of the molecule is O=C(NCCCc1ccc2c(c1)OCO2)c1cccc(Br)c1. The molecule has 0 aliphatic carbocycles. The van der Waals surface area contributed by atoms with Gasteiger partial charge in [0, 0.05) is 16.6 Å². The lowest BCUT2D eigenvalue weighted by Gasteiger charge is -2.06. The van der Waals surface area contributed by atoms with Gasteiger partial charge in [0.05, 0.1) is 0 Å². The minimum atomic E-state index is -0.0491. The highest BCUT2D eigenvalue weighted by molar-refractivity contribution is 9.10. The minimum absolute atomic E-state index is 0.0491. The predicted octanol–water partition coefficient (Wildman–Crippen LogP) is 3.54. The number of rotatable bonds is 5. The van der Waals surface area contributed by atoms with Crippen LogP contribution in [0.1, 0.15) is 22.3 Å². The molecule has 4 nitrogen and oxygen atoms in total. The molecule has 2 aromatic carbocycles. The van der Waals surface area contributed by atoms with Crippen molar-refractivity contribution in [1.82, 2.24) is 5.32 Å². The Balaban J connectivity index is 1.46. The molecule has 2 aromatic rings. The van der Waals surface area contributed by atoms with Crippen LogP contribution in [0.25, 0.3) is 0 Å². The third-order valence-corrected chi connectivity index (χ3v) is 3.94. The number of hydrogen-bond donors (Lipinski definition) is 1. The molecule has 0 radical (unpaired) electrons. The predicted molar refractivity (Wildman–Crippen MR) is 87.4 cm³/mol. The van der Waals surface area contributed by atoms with Crippen LogP contribution in [-0.4, -0.2) is 19.2 Å². The molecule has 0 unspecified atom stereocenters. The monoisotopic (exact) mass is 361 g/mol. The number of halogens is 1. The average molecular weight is 362 g/mol. The van der Waals surface area contributed by atoms with E-state index in [1.165, 1.54) is 5.56 Å². The first kappa shape index (κ1) is 14.9. The van der Waals surface area contributed by atoms with Crippen LogP contribution < -0.4 is 14.8 Å². The maximum absolute atomic E-state index is 12.0. The molecule has 0 saturated carbocycles. The highest BCUT2D eigenvalue weighted by Gasteiger charge is 2.13. The Labute approximate surface area is 137 Å². The lowest BCUT2D eigenvalue weighted by Crippen LogP contribution is -2.24. The fourth-order valence-corrected chi connectivity index (χ4v) is 2.72. The van der Waals surface area contributed by atoms with E-state index >= 15 is 0 Å². The Morgan fingerprint density at radius 1 is 1.14 bits per heavy atom. The Morgan fingerprint density at radius 3 is 2.86 bits per heavy atom. The van der Waals surface area contributed by atoms with Crippen molar-refractivity contribution in [2.24, 2.45) is 0 Å². The van der Waals surface area contributed by atoms with Gasteiger partial charge in [0.25, 0.3) is 5.91 Å². The maximum atomic E-state index is 12.0. The van der Waals surface area contributed by atoms with Crippen LogP contribution in [0.3, 0.4) is 0 Å². The van der Waals surface area contributed by atoms with Gasteiger partial charge in [-0.1, -0.05) is 28.1 Å². The van der Waals surface area contributed by atoms with Gasteiger partial charge in [-0.2, -0.15) is 0 Å². The normalized spacial score (nSPS) is 12.2. The van der Waals surface area contributed by atoms with Crippen LogP contribution >= 0.6 is 15.9 Å². The second kappa shape index (κ2) is 6.83. The molecule has 1 aliphatic rings. The number of benzene rings is 2. The van der Waals surface area contributed by atoms with Gasteiger partial charge in [-0.3, -0.25) is 4.79 Å². The van der Waals surface area contributed by atoms with Crippen molar-refractivity contribution in [2.45, 2.75) is 12.8 Å². The summed E-state index contributed by atoms with van der Waals surface area (Å²) in [4.78, 5) is 12.0. The Kier molecular flexibility index (Phi) is 4.63. The maximum Gasteiger partial charge on any atom is 0.251 e. The highest BCUT2D eigenvalue weighted by atomic mass is 79.9. The Hall–Kier alpha value is -2.01. The summed E-state index contributed by atoms with van der Waals surface area (Å²) in [5.74, 6) is 1.55. The molecule has 114 valence electrons. The number of carbonyl (C=O) groups excluding carboxylic acids is 1. The summed E-state index contributed by atoms with van der Waals surface area (Å²) in [5, 5.41) is 2.93. The van der Waals surface area contributed by atoms with Crippen LogP contribution in [-0.2, 0) is 6.42 Å². The second-order valence-corrected chi connectivity index (χ2v) is 5.97. The average Bonchev–Trinajstić information content (AvgIpc) is 2.99. The van der Waals surface area contributed by atoms with Gasteiger partial charge in [0.1, 0.15) is 0 Å². The van der Waals surface area contributed by atoms with Gasteiger partial charge in [0.15, 0.2) is 11.5 Å². The summed E-state index contributed by atoms with van der Waals surface area (Å²) in [5.41, 5.74) is 1.85. The standard InChI is InChI=1S/C17H16BrNO3/c18-14-5-1-4-13(10-14)17(20)19-8-2-3-12-6-7-15-16(9-12)22-11-21-15/h1,4-7,9-10H,2-3,8,11H2,(H,19,20). The van der Waals surface area contributed by atoms with Gasteiger partial charge < -0.3 is 14.8 Å². The van der Waals surface area contributed by atoms with Crippen molar-refractivity contribution in [2.75, 3.05) is 13.3 Å². The zero-order valence-corrected chi connectivity index (χ0v) is 13.6. The number of amides is 1. The summed E-state index contributed by atoms with van der Waals surface area (Å²) in [6.45, 7) is 0.932. The molecule has 0 spiro atoms. The van der Waals surface area contributed by atoms with Crippen molar-refractivity contribution in [3.8, 4) is 11.5 Å². The zero-order chi connectivity index (χ0) is 15.4. The van der Waals surface area contributed by atoms with Crippen LogP contribution in [0, 0.1) is 0 Å². The van der Waals surface area contributed by atoms with Crippen molar-refractivity contribution in [3.63, 3.8) is 0 Å². The fraction of sp³-hybridized carbons (Fsp3) is 0.235. The van der Waals surface area contributed by atoms with E-state index in [1.54, 1.807) is 6.07 Å². The lowest BCUT2D eigenvalue weighted by molar-refractivity contribution is 0.0953. The van der Waals surface area contributed by atoms with E-state index < -0.39 is 0 Å². The first-order valence-corrected chi connectivity index (χ1v) is 7.94. The van der Waals surface area contributed by atoms with E-state index in [0.29, 0.717) is 18.9 Å². The van der Waals surface area contributed by atoms with E-state index in [9.17, 15) is 4.79 Å². The second-order valence-electron chi connectivity index (χ2n) is 5.06. The third kappa shape index (κ3) is 3.60. The molecule has 3 rings (SSSR count). The molecule has 1 aliphatic heterocycles. The quantitative estimate of drug-likeness (QED) is 0.828. The molecule has 0 bridgehead atoms. The highest BCUT2D eigenvalue weighted by Crippen LogP contribution is 2.32. The van der Waals surface area contributed by atoms with E-state index in [4.69, 9.17) is 9.47 Å². The van der Waals surface area contributed by atoms with Gasteiger partial charge in [-0.15, -0.1) is 0 Å². The number of nitrogens with one attached hydrogen (secondary N) is 1. The summed E-state index contributed by atoms with van der Waals surface area (Å²) in [6, 6.07) is 13.3. The van der Waals surface area contributed by atoms with Crippen molar-refractivity contribution >= 4 is 21.8 Å². The first-order chi connectivity index (χ1) is 10.7. The topological polar surface area (TPSA) is 47.6 Å². The summed E-state index contributed by atoms with van der Waals surface area (Å²) in [6.07, 6.45) is 1.76. The molecular formula is C17H16BrNO3. The fourth-order valence-electron chi connectivity index (χ4n) is 2.32. The van der Waals surface area contributed by atoms with Gasteiger partial charge in [0.2, 0.25) is 6.79 Å². The van der Waals surface area contributed by atoms with E-state index in [2.05, 4.69) is 21.2 Å². The smallest absolute Gasteiger partial charge is 0.251 e. The third-order valence-electron chi connectivity index (χ3n) is 3.45. The number of carbonyl (C=O) groups is 1. The van der Waals surface area contributed by atoms with E-state index in [-0.39, 0.29) is 5.91 Å². The zero-order valence-electron chi connectivity index (χ0n) is 12.0. The van der Waals surface area contributed by atoms with Crippen LogP contribution in [0.4, 0.5) is 0 Å².